The van der Waals surface area contributed by atoms with Gasteiger partial charge in [0.2, 0.25) is 0 Å². The summed E-state index contributed by atoms with van der Waals surface area (Å²) in [5.41, 5.74) is 2.94. The summed E-state index contributed by atoms with van der Waals surface area (Å²) < 4.78 is 0. The first-order valence-electron chi connectivity index (χ1n) is 10.3. The van der Waals surface area contributed by atoms with E-state index >= 15 is 0 Å². The number of ketones is 1. The molecule has 2 heterocycles. The van der Waals surface area contributed by atoms with Crippen LogP contribution in [0.5, 0.6) is 0 Å². The molecule has 0 spiro atoms. The summed E-state index contributed by atoms with van der Waals surface area (Å²) in [5.74, 6) is -1.05. The van der Waals surface area contributed by atoms with Crippen LogP contribution in [0.1, 0.15) is 39.6 Å². The van der Waals surface area contributed by atoms with Gasteiger partial charge in [-0.3, -0.25) is 14.4 Å². The first kappa shape index (κ1) is 19.9. The van der Waals surface area contributed by atoms with Crippen molar-refractivity contribution in [1.29, 1.82) is 0 Å². The van der Waals surface area contributed by atoms with Crippen LogP contribution < -0.4 is 0 Å². The molecule has 1 atom stereocenters. The maximum atomic E-state index is 13.1. The summed E-state index contributed by atoms with van der Waals surface area (Å²) in [6.45, 7) is 5.13. The van der Waals surface area contributed by atoms with Gasteiger partial charge < -0.3 is 14.8 Å². The van der Waals surface area contributed by atoms with Crippen molar-refractivity contribution < 1.29 is 14.4 Å². The van der Waals surface area contributed by atoms with Gasteiger partial charge in [0, 0.05) is 48.3 Å². The Morgan fingerprint density at radius 2 is 1.80 bits per heavy atom. The Kier molecular flexibility index (Phi) is 5.40. The molecular formula is C24H25N3O3. The molecule has 1 saturated heterocycles. The third-order valence-electron chi connectivity index (χ3n) is 5.89. The molecule has 1 aliphatic rings. The SMILES string of the molecule is CCC1CN(C(=O)c2ccccc2)CCN1C(=O)C(=O)c1c[nH]c2c(C)cccc12. The lowest BCUT2D eigenvalue weighted by molar-refractivity contribution is -0.130. The molecule has 4 rings (SSSR count). The number of aromatic nitrogens is 1. The fourth-order valence-corrected chi connectivity index (χ4v) is 4.16. The van der Waals surface area contributed by atoms with Crippen molar-refractivity contribution in [2.75, 3.05) is 19.6 Å². The minimum atomic E-state index is -0.506. The Hall–Kier alpha value is -3.41. The second-order valence-electron chi connectivity index (χ2n) is 7.71. The highest BCUT2D eigenvalue weighted by molar-refractivity contribution is 6.45. The largest absolute Gasteiger partial charge is 0.360 e. The Balaban J connectivity index is 1.52. The first-order valence-corrected chi connectivity index (χ1v) is 10.3. The van der Waals surface area contributed by atoms with E-state index in [0.29, 0.717) is 37.2 Å². The van der Waals surface area contributed by atoms with E-state index in [9.17, 15) is 14.4 Å². The number of para-hydroxylation sites is 1. The number of aryl methyl sites for hydroxylation is 1. The van der Waals surface area contributed by atoms with E-state index in [4.69, 9.17) is 0 Å². The number of piperazine rings is 1. The van der Waals surface area contributed by atoms with Crippen LogP contribution >= 0.6 is 0 Å². The molecule has 1 fully saturated rings. The summed E-state index contributed by atoms with van der Waals surface area (Å²) in [6, 6.07) is 14.7. The van der Waals surface area contributed by atoms with Gasteiger partial charge in [0.25, 0.3) is 17.6 Å². The van der Waals surface area contributed by atoms with Gasteiger partial charge in [-0.25, -0.2) is 0 Å². The topological polar surface area (TPSA) is 73.5 Å². The monoisotopic (exact) mass is 403 g/mol. The number of Topliss-reactive ketones (excluding diaryl/α,β-unsaturated/α-hetero) is 1. The van der Waals surface area contributed by atoms with Crippen LogP contribution in [-0.2, 0) is 4.79 Å². The smallest absolute Gasteiger partial charge is 0.295 e. The van der Waals surface area contributed by atoms with E-state index in [1.165, 1.54) is 0 Å². The van der Waals surface area contributed by atoms with Crippen molar-refractivity contribution in [3.63, 3.8) is 0 Å². The molecular weight excluding hydrogens is 378 g/mol. The predicted molar refractivity (Wildman–Crippen MR) is 116 cm³/mol. The van der Waals surface area contributed by atoms with Gasteiger partial charge in [-0.15, -0.1) is 0 Å². The molecule has 6 heteroatoms. The number of benzene rings is 2. The molecule has 6 nitrogen and oxygen atoms in total. The number of nitrogens with zero attached hydrogens (tertiary/aromatic N) is 2. The maximum absolute atomic E-state index is 13.1. The van der Waals surface area contributed by atoms with Crippen molar-refractivity contribution in [2.45, 2.75) is 26.3 Å². The number of carbonyl (C=O) groups is 3. The standard InChI is InChI=1S/C24H25N3O3/c1-3-18-15-26(23(29)17-9-5-4-6-10-17)12-13-27(18)24(30)22(28)20-14-25-21-16(2)8-7-11-19(20)21/h4-11,14,18,25H,3,12-13,15H2,1-2H3. The fourth-order valence-electron chi connectivity index (χ4n) is 4.16. The third-order valence-corrected chi connectivity index (χ3v) is 5.89. The number of fused-ring (bicyclic) bond motifs is 1. The number of rotatable bonds is 4. The zero-order valence-electron chi connectivity index (χ0n) is 17.2. The van der Waals surface area contributed by atoms with E-state index in [2.05, 4.69) is 4.98 Å². The van der Waals surface area contributed by atoms with Crippen LogP contribution in [0, 0.1) is 6.92 Å². The van der Waals surface area contributed by atoms with E-state index in [-0.39, 0.29) is 11.9 Å². The zero-order chi connectivity index (χ0) is 21.3. The second-order valence-corrected chi connectivity index (χ2v) is 7.71. The highest BCUT2D eigenvalue weighted by atomic mass is 16.2. The van der Waals surface area contributed by atoms with Gasteiger partial charge in [-0.2, -0.15) is 0 Å². The van der Waals surface area contributed by atoms with Crippen molar-refractivity contribution in [3.05, 3.63) is 71.4 Å². The minimum Gasteiger partial charge on any atom is -0.360 e. The van der Waals surface area contributed by atoms with E-state index in [0.717, 1.165) is 16.5 Å². The molecule has 1 aromatic heterocycles. The molecule has 0 aliphatic carbocycles. The highest BCUT2D eigenvalue weighted by Gasteiger charge is 2.35. The van der Waals surface area contributed by atoms with Gasteiger partial charge in [0.15, 0.2) is 0 Å². The Labute approximate surface area is 175 Å². The summed E-state index contributed by atoms with van der Waals surface area (Å²) >= 11 is 0. The Morgan fingerprint density at radius 3 is 2.53 bits per heavy atom. The van der Waals surface area contributed by atoms with Gasteiger partial charge in [0.1, 0.15) is 0 Å². The van der Waals surface area contributed by atoms with E-state index in [1.54, 1.807) is 28.1 Å². The van der Waals surface area contributed by atoms with Crippen LogP contribution in [0.4, 0.5) is 0 Å². The van der Waals surface area contributed by atoms with E-state index < -0.39 is 11.7 Å². The fraction of sp³-hybridized carbons (Fsp3) is 0.292. The van der Waals surface area contributed by atoms with Gasteiger partial charge in [-0.1, -0.05) is 43.3 Å². The van der Waals surface area contributed by atoms with Gasteiger partial charge in [0.05, 0.1) is 5.56 Å². The average molecular weight is 403 g/mol. The lowest BCUT2D eigenvalue weighted by Crippen LogP contribution is -2.57. The predicted octanol–water partition coefficient (Wildman–Crippen LogP) is 3.42. The Bertz CT molecular complexity index is 1100. The summed E-state index contributed by atoms with van der Waals surface area (Å²) in [6.07, 6.45) is 2.29. The molecule has 2 aromatic carbocycles. The molecule has 1 N–H and O–H groups in total. The van der Waals surface area contributed by atoms with Crippen LogP contribution in [-0.4, -0.2) is 58.1 Å². The molecule has 0 bridgehead atoms. The number of aromatic amines is 1. The van der Waals surface area contributed by atoms with Crippen molar-refractivity contribution in [1.82, 2.24) is 14.8 Å². The lowest BCUT2D eigenvalue weighted by Gasteiger charge is -2.40. The molecule has 1 unspecified atom stereocenters. The number of amides is 2. The second kappa shape index (κ2) is 8.14. The number of nitrogens with one attached hydrogen (secondary N) is 1. The van der Waals surface area contributed by atoms with Crippen molar-refractivity contribution >= 4 is 28.5 Å². The number of H-pyrrole nitrogens is 1. The quantitative estimate of drug-likeness (QED) is 0.536. The molecule has 1 aliphatic heterocycles. The molecule has 3 aromatic rings. The van der Waals surface area contributed by atoms with Crippen LogP contribution in [0.3, 0.4) is 0 Å². The van der Waals surface area contributed by atoms with Gasteiger partial charge >= 0.3 is 0 Å². The van der Waals surface area contributed by atoms with Crippen molar-refractivity contribution in [3.8, 4) is 0 Å². The molecule has 30 heavy (non-hydrogen) atoms. The molecule has 2 amide bonds. The summed E-state index contributed by atoms with van der Waals surface area (Å²) in [5, 5.41) is 0.763. The van der Waals surface area contributed by atoms with Crippen molar-refractivity contribution in [2.24, 2.45) is 0 Å². The highest BCUT2D eigenvalue weighted by Crippen LogP contribution is 2.23. The molecule has 0 saturated carbocycles. The first-order chi connectivity index (χ1) is 14.5. The normalized spacial score (nSPS) is 16.7. The number of hydrogen-bond acceptors (Lipinski definition) is 3. The zero-order valence-corrected chi connectivity index (χ0v) is 17.2. The van der Waals surface area contributed by atoms with Crippen LogP contribution in [0.25, 0.3) is 10.9 Å². The van der Waals surface area contributed by atoms with Crippen LogP contribution in [0.2, 0.25) is 0 Å². The Morgan fingerprint density at radius 1 is 1.03 bits per heavy atom. The minimum absolute atomic E-state index is 0.0421. The average Bonchev–Trinajstić information content (AvgIpc) is 3.23. The number of carbonyl (C=O) groups excluding carboxylic acids is 3. The van der Waals surface area contributed by atoms with Crippen LogP contribution in [0.15, 0.2) is 54.7 Å². The summed E-state index contributed by atoms with van der Waals surface area (Å²) in [4.78, 5) is 45.4. The molecule has 154 valence electrons. The van der Waals surface area contributed by atoms with E-state index in [1.807, 2.05) is 50.2 Å². The number of hydrogen-bond donors (Lipinski definition) is 1. The van der Waals surface area contributed by atoms with Gasteiger partial charge in [-0.05, 0) is 31.0 Å². The summed E-state index contributed by atoms with van der Waals surface area (Å²) in [7, 11) is 0. The maximum Gasteiger partial charge on any atom is 0.295 e. The lowest BCUT2D eigenvalue weighted by atomic mass is 10.0. The third kappa shape index (κ3) is 3.49. The molecule has 0 radical (unpaired) electrons.